The molecule has 0 spiro atoms. The molecule has 0 aliphatic carbocycles. The number of carbonyl (C=O) groups is 1. The molecule has 5 nitrogen and oxygen atoms in total. The van der Waals surface area contributed by atoms with Crippen LogP contribution in [0.3, 0.4) is 0 Å². The standard InChI is InChI=1S/C20H28N4O/c1-16-6-3-4-8-18(16)22-20(25)9-12-24-11-5-7-17(15-24)14-19-21-10-13-23(19)2/h3-4,6,8,10,13,17H,5,7,9,11-12,14-15H2,1-2H3,(H,22,25)/t17-/m1/s1. The maximum Gasteiger partial charge on any atom is 0.225 e. The van der Waals surface area contributed by atoms with Crippen molar-refractivity contribution in [1.82, 2.24) is 14.5 Å². The second-order valence-electron chi connectivity index (χ2n) is 7.08. The molecule has 1 N–H and O–H groups in total. The zero-order valence-electron chi connectivity index (χ0n) is 15.2. The average molecular weight is 340 g/mol. The minimum atomic E-state index is 0.0977. The van der Waals surface area contributed by atoms with Crippen LogP contribution in [0.25, 0.3) is 0 Å². The number of aryl methyl sites for hydroxylation is 2. The molecule has 1 aliphatic heterocycles. The highest BCUT2D eigenvalue weighted by Gasteiger charge is 2.21. The Bertz CT molecular complexity index is 709. The molecule has 0 saturated carbocycles. The van der Waals surface area contributed by atoms with Gasteiger partial charge in [0.1, 0.15) is 5.82 Å². The smallest absolute Gasteiger partial charge is 0.225 e. The fraction of sp³-hybridized carbons (Fsp3) is 0.500. The van der Waals surface area contributed by atoms with Crippen molar-refractivity contribution in [2.45, 2.75) is 32.6 Å². The molecule has 2 heterocycles. The normalized spacial score (nSPS) is 18.2. The third-order valence-corrected chi connectivity index (χ3v) is 5.07. The number of nitrogens with zero attached hydrogens (tertiary/aromatic N) is 3. The lowest BCUT2D eigenvalue weighted by molar-refractivity contribution is -0.116. The molecule has 1 aromatic carbocycles. The Kier molecular flexibility index (Phi) is 5.87. The van der Waals surface area contributed by atoms with Gasteiger partial charge in [0, 0.05) is 51.1 Å². The molecule has 0 radical (unpaired) electrons. The first-order valence-electron chi connectivity index (χ1n) is 9.16. The number of hydrogen-bond donors (Lipinski definition) is 1. The largest absolute Gasteiger partial charge is 0.338 e. The first-order valence-corrected chi connectivity index (χ1v) is 9.16. The average Bonchev–Trinajstić information content (AvgIpc) is 3.00. The highest BCUT2D eigenvalue weighted by molar-refractivity contribution is 5.91. The molecule has 25 heavy (non-hydrogen) atoms. The van der Waals surface area contributed by atoms with Gasteiger partial charge in [-0.3, -0.25) is 4.79 Å². The topological polar surface area (TPSA) is 50.2 Å². The van der Waals surface area contributed by atoms with Crippen LogP contribution in [0.15, 0.2) is 36.7 Å². The number of benzene rings is 1. The van der Waals surface area contributed by atoms with E-state index in [1.807, 2.05) is 43.6 Å². The second kappa shape index (κ2) is 8.30. The summed E-state index contributed by atoms with van der Waals surface area (Å²) in [5, 5.41) is 3.03. The molecule has 1 aromatic heterocycles. The zero-order chi connectivity index (χ0) is 17.6. The molecule has 1 fully saturated rings. The van der Waals surface area contributed by atoms with E-state index in [0.29, 0.717) is 12.3 Å². The van der Waals surface area contributed by atoms with E-state index in [4.69, 9.17) is 0 Å². The van der Waals surface area contributed by atoms with Crippen LogP contribution >= 0.6 is 0 Å². The van der Waals surface area contributed by atoms with Crippen LogP contribution in [-0.4, -0.2) is 40.0 Å². The maximum atomic E-state index is 12.2. The molecular formula is C20H28N4O. The van der Waals surface area contributed by atoms with Crippen LogP contribution < -0.4 is 5.32 Å². The lowest BCUT2D eigenvalue weighted by Gasteiger charge is -2.32. The number of imidazole rings is 1. The van der Waals surface area contributed by atoms with E-state index < -0.39 is 0 Å². The molecular weight excluding hydrogens is 312 g/mol. The van der Waals surface area contributed by atoms with Gasteiger partial charge in [-0.15, -0.1) is 0 Å². The summed E-state index contributed by atoms with van der Waals surface area (Å²) in [7, 11) is 2.05. The third kappa shape index (κ3) is 4.92. The Morgan fingerprint density at radius 2 is 2.20 bits per heavy atom. The van der Waals surface area contributed by atoms with Crippen LogP contribution in [0.4, 0.5) is 5.69 Å². The van der Waals surface area contributed by atoms with Crippen molar-refractivity contribution in [2.75, 3.05) is 25.0 Å². The molecule has 0 unspecified atom stereocenters. The van der Waals surface area contributed by atoms with Crippen molar-refractivity contribution < 1.29 is 4.79 Å². The number of piperidine rings is 1. The van der Waals surface area contributed by atoms with Gasteiger partial charge in [-0.2, -0.15) is 0 Å². The number of para-hydroxylation sites is 1. The first kappa shape index (κ1) is 17.7. The SMILES string of the molecule is Cc1ccccc1NC(=O)CCN1CCC[C@H](Cc2nccn2C)C1. The summed E-state index contributed by atoms with van der Waals surface area (Å²) in [5.41, 5.74) is 2.02. The minimum absolute atomic E-state index is 0.0977. The van der Waals surface area contributed by atoms with Gasteiger partial charge in [0.25, 0.3) is 0 Å². The molecule has 5 heteroatoms. The van der Waals surface area contributed by atoms with Crippen LogP contribution in [0.5, 0.6) is 0 Å². The summed E-state index contributed by atoms with van der Waals surface area (Å²) in [4.78, 5) is 19.1. The number of hydrogen-bond acceptors (Lipinski definition) is 3. The van der Waals surface area contributed by atoms with E-state index in [1.54, 1.807) is 0 Å². The van der Waals surface area contributed by atoms with Gasteiger partial charge < -0.3 is 14.8 Å². The summed E-state index contributed by atoms with van der Waals surface area (Å²) in [6.07, 6.45) is 7.89. The third-order valence-electron chi connectivity index (χ3n) is 5.07. The number of nitrogens with one attached hydrogen (secondary N) is 1. The first-order chi connectivity index (χ1) is 12.1. The predicted molar refractivity (Wildman–Crippen MR) is 101 cm³/mol. The quantitative estimate of drug-likeness (QED) is 0.879. The van der Waals surface area contributed by atoms with Crippen molar-refractivity contribution in [1.29, 1.82) is 0 Å². The number of anilines is 1. The number of carbonyl (C=O) groups excluding carboxylic acids is 1. The molecule has 1 amide bonds. The van der Waals surface area contributed by atoms with Crippen LogP contribution in [0.2, 0.25) is 0 Å². The summed E-state index contributed by atoms with van der Waals surface area (Å²) < 4.78 is 2.11. The van der Waals surface area contributed by atoms with Crippen LogP contribution in [0.1, 0.15) is 30.7 Å². The van der Waals surface area contributed by atoms with Gasteiger partial charge in [0.15, 0.2) is 0 Å². The number of amides is 1. The summed E-state index contributed by atoms with van der Waals surface area (Å²) in [6.45, 7) is 5.00. The Hall–Kier alpha value is -2.14. The summed E-state index contributed by atoms with van der Waals surface area (Å²) in [6, 6.07) is 7.91. The maximum absolute atomic E-state index is 12.2. The van der Waals surface area contributed by atoms with Crippen molar-refractivity contribution in [3.05, 3.63) is 48.0 Å². The van der Waals surface area contributed by atoms with E-state index in [-0.39, 0.29) is 5.91 Å². The van der Waals surface area contributed by atoms with Crippen LogP contribution in [0, 0.1) is 12.8 Å². The van der Waals surface area contributed by atoms with E-state index in [0.717, 1.165) is 43.1 Å². The van der Waals surface area contributed by atoms with Crippen LogP contribution in [-0.2, 0) is 18.3 Å². The van der Waals surface area contributed by atoms with Crippen molar-refractivity contribution in [3.8, 4) is 0 Å². The van der Waals surface area contributed by atoms with E-state index in [1.165, 1.54) is 12.8 Å². The van der Waals surface area contributed by atoms with Crippen molar-refractivity contribution >= 4 is 11.6 Å². The predicted octanol–water partition coefficient (Wildman–Crippen LogP) is 3.01. The van der Waals surface area contributed by atoms with Crippen molar-refractivity contribution in [2.24, 2.45) is 13.0 Å². The fourth-order valence-corrected chi connectivity index (χ4v) is 3.56. The van der Waals surface area contributed by atoms with Gasteiger partial charge in [-0.25, -0.2) is 4.98 Å². The Labute approximate surface area is 150 Å². The van der Waals surface area contributed by atoms with E-state index in [9.17, 15) is 4.79 Å². The lowest BCUT2D eigenvalue weighted by Crippen LogP contribution is -2.38. The fourth-order valence-electron chi connectivity index (χ4n) is 3.56. The second-order valence-corrected chi connectivity index (χ2v) is 7.08. The number of likely N-dealkylation sites (tertiary alicyclic amines) is 1. The molecule has 134 valence electrons. The molecule has 1 atom stereocenters. The van der Waals surface area contributed by atoms with Gasteiger partial charge in [-0.05, 0) is 43.9 Å². The van der Waals surface area contributed by atoms with Crippen molar-refractivity contribution in [3.63, 3.8) is 0 Å². The molecule has 2 aromatic rings. The molecule has 1 aliphatic rings. The highest BCUT2D eigenvalue weighted by Crippen LogP contribution is 2.20. The highest BCUT2D eigenvalue weighted by atomic mass is 16.1. The van der Waals surface area contributed by atoms with Gasteiger partial charge >= 0.3 is 0 Å². The minimum Gasteiger partial charge on any atom is -0.338 e. The monoisotopic (exact) mass is 340 g/mol. The Balaban J connectivity index is 1.45. The molecule has 1 saturated heterocycles. The van der Waals surface area contributed by atoms with Gasteiger partial charge in [0.2, 0.25) is 5.91 Å². The van der Waals surface area contributed by atoms with Gasteiger partial charge in [0.05, 0.1) is 0 Å². The van der Waals surface area contributed by atoms with E-state index >= 15 is 0 Å². The molecule has 0 bridgehead atoms. The Morgan fingerprint density at radius 1 is 1.36 bits per heavy atom. The number of aromatic nitrogens is 2. The zero-order valence-corrected chi connectivity index (χ0v) is 15.2. The number of rotatable bonds is 6. The van der Waals surface area contributed by atoms with E-state index in [2.05, 4.69) is 26.8 Å². The van der Waals surface area contributed by atoms with Gasteiger partial charge in [-0.1, -0.05) is 18.2 Å². The lowest BCUT2D eigenvalue weighted by atomic mass is 9.94. The summed E-state index contributed by atoms with van der Waals surface area (Å²) >= 11 is 0. The molecule has 3 rings (SSSR count). The summed E-state index contributed by atoms with van der Waals surface area (Å²) in [5.74, 6) is 1.89. The Morgan fingerprint density at radius 3 is 2.96 bits per heavy atom.